The van der Waals surface area contributed by atoms with Gasteiger partial charge in [-0.25, -0.2) is 8.42 Å². The Morgan fingerprint density at radius 1 is 1.44 bits per heavy atom. The van der Waals surface area contributed by atoms with Gasteiger partial charge in [0, 0.05) is 13.1 Å². The number of nitrogens with zero attached hydrogens (tertiary/aromatic N) is 1. The van der Waals surface area contributed by atoms with Gasteiger partial charge in [0.15, 0.2) is 5.25 Å². The van der Waals surface area contributed by atoms with Crippen LogP contribution in [0, 0.1) is 5.41 Å². The van der Waals surface area contributed by atoms with Crippen LogP contribution in [0.2, 0.25) is 0 Å². The van der Waals surface area contributed by atoms with Gasteiger partial charge in [-0.3, -0.25) is 4.79 Å². The third-order valence-electron chi connectivity index (χ3n) is 3.29. The van der Waals surface area contributed by atoms with E-state index in [9.17, 15) is 13.2 Å². The average Bonchev–Trinajstić information content (AvgIpc) is 2.26. The molecule has 1 unspecified atom stereocenters. The molecular formula is C12H21NO4S. The van der Waals surface area contributed by atoms with Gasteiger partial charge in [-0.2, -0.15) is 4.31 Å². The molecule has 0 fully saturated rings. The first-order valence-corrected chi connectivity index (χ1v) is 7.48. The van der Waals surface area contributed by atoms with Crippen LogP contribution >= 0.6 is 0 Å². The van der Waals surface area contributed by atoms with Gasteiger partial charge in [0.05, 0.1) is 0 Å². The molecule has 5 nitrogen and oxygen atoms in total. The minimum atomic E-state index is -3.74. The van der Waals surface area contributed by atoms with Crippen LogP contribution in [0.4, 0.5) is 0 Å². The van der Waals surface area contributed by atoms with Gasteiger partial charge in [0.1, 0.15) is 0 Å². The summed E-state index contributed by atoms with van der Waals surface area (Å²) in [4.78, 5) is 10.8. The molecule has 104 valence electrons. The summed E-state index contributed by atoms with van der Waals surface area (Å²) in [5.41, 5.74) is 1.26. The summed E-state index contributed by atoms with van der Waals surface area (Å²) in [6.07, 6.45) is 2.56. The fourth-order valence-electron chi connectivity index (χ4n) is 1.91. The maximum atomic E-state index is 12.0. The number of rotatable bonds is 3. The lowest BCUT2D eigenvalue weighted by Crippen LogP contribution is -2.43. The Kier molecular flexibility index (Phi) is 4.23. The summed E-state index contributed by atoms with van der Waals surface area (Å²) in [5.74, 6) is -1.31. The van der Waals surface area contributed by atoms with E-state index in [0.29, 0.717) is 13.0 Å². The SMILES string of the molecule is CC(C(=O)O)S(=O)(=O)N1CC=C(C(C)(C)C)CC1. The molecule has 0 aliphatic carbocycles. The first kappa shape index (κ1) is 15.2. The molecule has 0 saturated carbocycles. The number of carboxylic acids is 1. The lowest BCUT2D eigenvalue weighted by Gasteiger charge is -2.32. The summed E-state index contributed by atoms with van der Waals surface area (Å²) < 4.78 is 25.2. The third kappa shape index (κ3) is 3.11. The van der Waals surface area contributed by atoms with Gasteiger partial charge in [-0.05, 0) is 18.8 Å². The molecular weight excluding hydrogens is 254 g/mol. The van der Waals surface area contributed by atoms with Crippen molar-refractivity contribution < 1.29 is 18.3 Å². The van der Waals surface area contributed by atoms with Gasteiger partial charge in [-0.1, -0.05) is 32.4 Å². The van der Waals surface area contributed by atoms with E-state index in [-0.39, 0.29) is 12.0 Å². The highest BCUT2D eigenvalue weighted by Gasteiger charge is 2.35. The van der Waals surface area contributed by atoms with Gasteiger partial charge < -0.3 is 5.11 Å². The molecule has 1 heterocycles. The molecule has 1 rings (SSSR count). The highest BCUT2D eigenvalue weighted by atomic mass is 32.2. The second-order valence-corrected chi connectivity index (χ2v) is 7.87. The zero-order chi connectivity index (χ0) is 14.1. The molecule has 6 heteroatoms. The third-order valence-corrected chi connectivity index (χ3v) is 5.44. The fraction of sp³-hybridized carbons (Fsp3) is 0.750. The largest absolute Gasteiger partial charge is 0.480 e. The lowest BCUT2D eigenvalue weighted by atomic mass is 9.83. The molecule has 0 aromatic rings. The molecule has 1 N–H and O–H groups in total. The van der Waals surface area contributed by atoms with E-state index in [1.165, 1.54) is 16.8 Å². The van der Waals surface area contributed by atoms with Crippen molar-refractivity contribution in [1.82, 2.24) is 4.31 Å². The standard InChI is InChI=1S/C12H21NO4S/c1-9(11(14)15)18(16,17)13-7-5-10(6-8-13)12(2,3)4/h5,9H,6-8H2,1-4H3,(H,14,15). The number of carbonyl (C=O) groups is 1. The first-order valence-electron chi connectivity index (χ1n) is 5.98. The van der Waals surface area contributed by atoms with Crippen molar-refractivity contribution >= 4 is 16.0 Å². The van der Waals surface area contributed by atoms with E-state index in [2.05, 4.69) is 20.8 Å². The Labute approximate surface area is 109 Å². The van der Waals surface area contributed by atoms with E-state index in [4.69, 9.17) is 5.11 Å². The van der Waals surface area contributed by atoms with Gasteiger partial charge in [-0.15, -0.1) is 0 Å². The summed E-state index contributed by atoms with van der Waals surface area (Å²) in [6.45, 7) is 8.10. The highest BCUT2D eigenvalue weighted by molar-refractivity contribution is 7.90. The zero-order valence-electron chi connectivity index (χ0n) is 11.3. The number of hydrogen-bond acceptors (Lipinski definition) is 3. The predicted octanol–water partition coefficient (Wildman–Crippen LogP) is 1.47. The number of aliphatic carboxylic acids is 1. The molecule has 0 amide bonds. The van der Waals surface area contributed by atoms with E-state index < -0.39 is 21.2 Å². The van der Waals surface area contributed by atoms with E-state index in [1.807, 2.05) is 6.08 Å². The van der Waals surface area contributed by atoms with E-state index >= 15 is 0 Å². The Hall–Kier alpha value is -0.880. The minimum Gasteiger partial charge on any atom is -0.480 e. The number of sulfonamides is 1. The van der Waals surface area contributed by atoms with Crippen LogP contribution in [0.3, 0.4) is 0 Å². The Morgan fingerprint density at radius 3 is 2.33 bits per heavy atom. The Balaban J connectivity index is 2.86. The Bertz CT molecular complexity index is 459. The minimum absolute atomic E-state index is 0.0360. The summed E-state index contributed by atoms with van der Waals surface area (Å²) in [6, 6.07) is 0. The van der Waals surface area contributed by atoms with Crippen LogP contribution in [0.15, 0.2) is 11.6 Å². The van der Waals surface area contributed by atoms with Gasteiger partial charge in [0.2, 0.25) is 10.0 Å². The highest BCUT2D eigenvalue weighted by Crippen LogP contribution is 2.31. The second-order valence-electron chi connectivity index (χ2n) is 5.61. The van der Waals surface area contributed by atoms with Gasteiger partial charge in [0.25, 0.3) is 0 Å². The van der Waals surface area contributed by atoms with Crippen LogP contribution < -0.4 is 0 Å². The van der Waals surface area contributed by atoms with Crippen LogP contribution in [-0.4, -0.2) is 42.1 Å². The molecule has 0 aromatic carbocycles. The van der Waals surface area contributed by atoms with E-state index in [0.717, 1.165) is 0 Å². The molecule has 1 aliphatic rings. The normalized spacial score (nSPS) is 20.3. The monoisotopic (exact) mass is 275 g/mol. The lowest BCUT2D eigenvalue weighted by molar-refractivity contribution is -0.136. The van der Waals surface area contributed by atoms with Crippen LogP contribution in [-0.2, 0) is 14.8 Å². The van der Waals surface area contributed by atoms with Crippen molar-refractivity contribution in [2.24, 2.45) is 5.41 Å². The molecule has 0 bridgehead atoms. The maximum Gasteiger partial charge on any atom is 0.323 e. The number of carboxylic acid groups (broad SMARTS) is 1. The molecule has 1 aliphatic heterocycles. The average molecular weight is 275 g/mol. The molecule has 0 saturated heterocycles. The number of hydrogen-bond donors (Lipinski definition) is 1. The predicted molar refractivity (Wildman–Crippen MR) is 69.7 cm³/mol. The summed E-state index contributed by atoms with van der Waals surface area (Å²) in [7, 11) is -3.74. The van der Waals surface area contributed by atoms with Crippen LogP contribution in [0.25, 0.3) is 0 Å². The summed E-state index contributed by atoms with van der Waals surface area (Å²) >= 11 is 0. The molecule has 0 spiro atoms. The zero-order valence-corrected chi connectivity index (χ0v) is 12.1. The van der Waals surface area contributed by atoms with Crippen LogP contribution in [0.1, 0.15) is 34.1 Å². The molecule has 18 heavy (non-hydrogen) atoms. The summed E-state index contributed by atoms with van der Waals surface area (Å²) in [5, 5.41) is 7.42. The van der Waals surface area contributed by atoms with Crippen molar-refractivity contribution in [3.05, 3.63) is 11.6 Å². The second kappa shape index (κ2) is 5.01. The molecule has 0 aromatic heterocycles. The van der Waals surface area contributed by atoms with E-state index in [1.54, 1.807) is 0 Å². The topological polar surface area (TPSA) is 74.7 Å². The van der Waals surface area contributed by atoms with Crippen molar-refractivity contribution in [3.8, 4) is 0 Å². The fourth-order valence-corrected chi connectivity index (χ4v) is 3.24. The molecule has 0 radical (unpaired) electrons. The van der Waals surface area contributed by atoms with Crippen molar-refractivity contribution in [2.45, 2.75) is 39.4 Å². The first-order chi connectivity index (χ1) is 8.06. The van der Waals surface area contributed by atoms with Gasteiger partial charge >= 0.3 is 5.97 Å². The molecule has 1 atom stereocenters. The Morgan fingerprint density at radius 2 is 2.00 bits per heavy atom. The maximum absolute atomic E-state index is 12.0. The smallest absolute Gasteiger partial charge is 0.323 e. The van der Waals surface area contributed by atoms with Crippen molar-refractivity contribution in [2.75, 3.05) is 13.1 Å². The van der Waals surface area contributed by atoms with Crippen molar-refractivity contribution in [1.29, 1.82) is 0 Å². The van der Waals surface area contributed by atoms with Crippen molar-refractivity contribution in [3.63, 3.8) is 0 Å². The van der Waals surface area contributed by atoms with Crippen LogP contribution in [0.5, 0.6) is 0 Å². The quantitative estimate of drug-likeness (QED) is 0.791.